The molecule has 0 bridgehead atoms. The molecule has 144 valence electrons. The molecule has 0 aliphatic carbocycles. The molecule has 1 heterocycles. The van der Waals surface area contributed by atoms with Crippen molar-refractivity contribution >= 4 is 33.2 Å². The number of hydrogen-bond donors (Lipinski definition) is 1. The predicted octanol–water partition coefficient (Wildman–Crippen LogP) is 2.42. The lowest BCUT2D eigenvalue weighted by Gasteiger charge is -2.33. The van der Waals surface area contributed by atoms with Gasteiger partial charge in [-0.15, -0.1) is 0 Å². The van der Waals surface area contributed by atoms with Crippen molar-refractivity contribution in [3.63, 3.8) is 0 Å². The van der Waals surface area contributed by atoms with Gasteiger partial charge in [0.15, 0.2) is 0 Å². The molecule has 1 aliphatic rings. The van der Waals surface area contributed by atoms with E-state index in [0.29, 0.717) is 13.1 Å². The predicted molar refractivity (Wildman–Crippen MR) is 102 cm³/mol. The first-order chi connectivity index (χ1) is 12.9. The molecule has 0 saturated carbocycles. The van der Waals surface area contributed by atoms with Gasteiger partial charge >= 0.3 is 0 Å². The van der Waals surface area contributed by atoms with E-state index in [2.05, 4.69) is 5.32 Å². The Labute approximate surface area is 162 Å². The Morgan fingerprint density at radius 1 is 1.04 bits per heavy atom. The van der Waals surface area contributed by atoms with Crippen LogP contribution in [0.3, 0.4) is 0 Å². The summed E-state index contributed by atoms with van der Waals surface area (Å²) in [6.07, 6.45) is 0. The van der Waals surface area contributed by atoms with E-state index in [1.165, 1.54) is 28.6 Å². The molecule has 0 unspecified atom stereocenters. The number of hydrogen-bond acceptors (Lipinski definition) is 4. The lowest BCUT2D eigenvalue weighted by molar-refractivity contribution is -0.117. The lowest BCUT2D eigenvalue weighted by Crippen LogP contribution is -2.50. The number of carbonyl (C=O) groups is 1. The molecular formula is C18H19ClFN3O3S. The third kappa shape index (κ3) is 4.65. The summed E-state index contributed by atoms with van der Waals surface area (Å²) >= 11 is 6.02. The summed E-state index contributed by atoms with van der Waals surface area (Å²) in [6.45, 7) is 1.36. The summed E-state index contributed by atoms with van der Waals surface area (Å²) < 4.78 is 40.4. The lowest BCUT2D eigenvalue weighted by atomic mass is 10.3. The number of halogens is 2. The highest BCUT2D eigenvalue weighted by molar-refractivity contribution is 7.89. The van der Waals surface area contributed by atoms with Crippen LogP contribution in [0, 0.1) is 5.82 Å². The first-order valence-corrected chi connectivity index (χ1v) is 10.2. The molecule has 2 aromatic rings. The number of anilines is 1. The molecule has 0 atom stereocenters. The number of benzene rings is 2. The number of para-hydroxylation sites is 1. The fourth-order valence-electron chi connectivity index (χ4n) is 2.88. The molecule has 1 saturated heterocycles. The fourth-order valence-corrected chi connectivity index (χ4v) is 4.79. The summed E-state index contributed by atoms with van der Waals surface area (Å²) in [7, 11) is -3.67. The van der Waals surface area contributed by atoms with Gasteiger partial charge in [-0.05, 0) is 24.3 Å². The van der Waals surface area contributed by atoms with E-state index in [4.69, 9.17) is 11.6 Å². The minimum Gasteiger partial charge on any atom is -0.322 e. The van der Waals surface area contributed by atoms with Gasteiger partial charge in [-0.3, -0.25) is 9.69 Å². The maximum atomic E-state index is 13.6. The quantitative estimate of drug-likeness (QED) is 0.820. The first-order valence-electron chi connectivity index (χ1n) is 8.39. The second kappa shape index (κ2) is 8.35. The van der Waals surface area contributed by atoms with Gasteiger partial charge in [-0.25, -0.2) is 12.8 Å². The van der Waals surface area contributed by atoms with Crippen LogP contribution in [0.1, 0.15) is 0 Å². The van der Waals surface area contributed by atoms with Gasteiger partial charge < -0.3 is 5.32 Å². The Morgan fingerprint density at radius 2 is 1.67 bits per heavy atom. The number of rotatable bonds is 5. The second-order valence-corrected chi connectivity index (χ2v) is 8.45. The minimum atomic E-state index is -3.67. The van der Waals surface area contributed by atoms with Gasteiger partial charge in [0.25, 0.3) is 0 Å². The molecule has 0 radical (unpaired) electrons. The average Bonchev–Trinajstić information content (AvgIpc) is 2.64. The molecule has 9 heteroatoms. The van der Waals surface area contributed by atoms with Crippen molar-refractivity contribution < 1.29 is 17.6 Å². The zero-order chi connectivity index (χ0) is 19.4. The standard InChI is InChI=1S/C18H19ClFN3O3S/c19-14-5-1-4-8-17(14)27(25,26)23-11-9-22(10-12-23)13-18(24)21-16-7-3-2-6-15(16)20/h1-8H,9-13H2,(H,21,24). The Balaban J connectivity index is 1.57. The van der Waals surface area contributed by atoms with Crippen LogP contribution >= 0.6 is 11.6 Å². The van der Waals surface area contributed by atoms with Crippen molar-refractivity contribution in [3.05, 3.63) is 59.4 Å². The highest BCUT2D eigenvalue weighted by Gasteiger charge is 2.30. The van der Waals surface area contributed by atoms with Crippen molar-refractivity contribution in [2.45, 2.75) is 4.90 Å². The first kappa shape index (κ1) is 19.8. The van der Waals surface area contributed by atoms with E-state index < -0.39 is 15.8 Å². The smallest absolute Gasteiger partial charge is 0.244 e. The molecule has 1 aliphatic heterocycles. The van der Waals surface area contributed by atoms with E-state index in [0.717, 1.165) is 0 Å². The average molecular weight is 412 g/mol. The van der Waals surface area contributed by atoms with Gasteiger partial charge in [0.05, 0.1) is 17.3 Å². The zero-order valence-electron chi connectivity index (χ0n) is 14.4. The fraction of sp³-hybridized carbons (Fsp3) is 0.278. The number of nitrogens with one attached hydrogen (secondary N) is 1. The third-order valence-electron chi connectivity index (χ3n) is 4.30. The molecule has 1 N–H and O–H groups in total. The number of carbonyl (C=O) groups excluding carboxylic acids is 1. The van der Waals surface area contributed by atoms with Crippen LogP contribution in [0.4, 0.5) is 10.1 Å². The Morgan fingerprint density at radius 3 is 2.33 bits per heavy atom. The molecule has 27 heavy (non-hydrogen) atoms. The van der Waals surface area contributed by atoms with E-state index >= 15 is 0 Å². The number of nitrogens with zero attached hydrogens (tertiary/aromatic N) is 2. The Hall–Kier alpha value is -2.00. The molecule has 1 fully saturated rings. The SMILES string of the molecule is O=C(CN1CCN(S(=O)(=O)c2ccccc2Cl)CC1)Nc1ccccc1F. The van der Waals surface area contributed by atoms with Crippen molar-refractivity contribution in [1.29, 1.82) is 0 Å². The summed E-state index contributed by atoms with van der Waals surface area (Å²) in [6, 6.07) is 12.3. The van der Waals surface area contributed by atoms with Crippen LogP contribution in [-0.4, -0.2) is 56.3 Å². The Bertz CT molecular complexity index is 931. The summed E-state index contributed by atoms with van der Waals surface area (Å²) in [5.41, 5.74) is 0.127. The molecule has 2 aromatic carbocycles. The molecule has 1 amide bonds. The monoisotopic (exact) mass is 411 g/mol. The molecule has 3 rings (SSSR count). The van der Waals surface area contributed by atoms with Crippen molar-refractivity contribution in [3.8, 4) is 0 Å². The van der Waals surface area contributed by atoms with Crippen molar-refractivity contribution in [2.75, 3.05) is 38.0 Å². The topological polar surface area (TPSA) is 69.7 Å². The molecular weight excluding hydrogens is 393 g/mol. The van der Waals surface area contributed by atoms with Crippen LogP contribution in [-0.2, 0) is 14.8 Å². The van der Waals surface area contributed by atoms with Crippen LogP contribution in [0.5, 0.6) is 0 Å². The van der Waals surface area contributed by atoms with Gasteiger partial charge in [0, 0.05) is 26.2 Å². The maximum Gasteiger partial charge on any atom is 0.244 e. The van der Waals surface area contributed by atoms with Gasteiger partial charge in [0.2, 0.25) is 15.9 Å². The van der Waals surface area contributed by atoms with E-state index in [1.54, 1.807) is 24.3 Å². The van der Waals surface area contributed by atoms with Gasteiger partial charge in [-0.1, -0.05) is 35.9 Å². The van der Waals surface area contributed by atoms with E-state index in [1.807, 2.05) is 4.90 Å². The summed E-state index contributed by atoms with van der Waals surface area (Å²) in [5.74, 6) is -0.844. The van der Waals surface area contributed by atoms with E-state index in [-0.39, 0.29) is 41.1 Å². The normalized spacial score (nSPS) is 16.2. The second-order valence-electron chi connectivity index (χ2n) is 6.14. The number of piperazine rings is 1. The Kier molecular flexibility index (Phi) is 6.11. The minimum absolute atomic E-state index is 0.0638. The highest BCUT2D eigenvalue weighted by Crippen LogP contribution is 2.25. The van der Waals surface area contributed by atoms with E-state index in [9.17, 15) is 17.6 Å². The van der Waals surface area contributed by atoms with Crippen LogP contribution in [0.25, 0.3) is 0 Å². The largest absolute Gasteiger partial charge is 0.322 e. The number of sulfonamides is 1. The van der Waals surface area contributed by atoms with Gasteiger partial charge in [-0.2, -0.15) is 4.31 Å². The maximum absolute atomic E-state index is 13.6. The third-order valence-corrected chi connectivity index (χ3v) is 6.70. The van der Waals surface area contributed by atoms with Crippen LogP contribution in [0.15, 0.2) is 53.4 Å². The molecule has 6 nitrogen and oxygen atoms in total. The van der Waals surface area contributed by atoms with Crippen LogP contribution < -0.4 is 5.32 Å². The van der Waals surface area contributed by atoms with Crippen molar-refractivity contribution in [2.24, 2.45) is 0 Å². The molecule has 0 aromatic heterocycles. The molecule has 0 spiro atoms. The van der Waals surface area contributed by atoms with Crippen LogP contribution in [0.2, 0.25) is 5.02 Å². The summed E-state index contributed by atoms with van der Waals surface area (Å²) in [4.78, 5) is 14.0. The summed E-state index contributed by atoms with van der Waals surface area (Å²) in [5, 5.41) is 2.71. The van der Waals surface area contributed by atoms with Gasteiger partial charge in [0.1, 0.15) is 10.7 Å². The zero-order valence-corrected chi connectivity index (χ0v) is 16.0. The van der Waals surface area contributed by atoms with Crippen molar-refractivity contribution in [1.82, 2.24) is 9.21 Å². The number of amides is 1. The highest BCUT2D eigenvalue weighted by atomic mass is 35.5.